The maximum Gasteiger partial charge on any atom is 0.342 e. The molecule has 0 radical (unpaired) electrons. The van der Waals surface area contributed by atoms with Crippen molar-refractivity contribution in [1.82, 2.24) is 9.80 Å². The first-order valence-corrected chi connectivity index (χ1v) is 7.48. The van der Waals surface area contributed by atoms with Crippen LogP contribution in [0.3, 0.4) is 0 Å². The fourth-order valence-corrected chi connectivity index (χ4v) is 3.02. The number of nitrogens with zero attached hydrogens (tertiary/aromatic N) is 2. The summed E-state index contributed by atoms with van der Waals surface area (Å²) in [6, 6.07) is 9.24. The van der Waals surface area contributed by atoms with Crippen molar-refractivity contribution >= 4 is 17.8 Å². The van der Waals surface area contributed by atoms with Crippen LogP contribution in [0, 0.1) is 0 Å². The molecule has 23 heavy (non-hydrogen) atoms. The maximum atomic E-state index is 12.7. The van der Waals surface area contributed by atoms with Gasteiger partial charge in [0.05, 0.1) is 6.54 Å². The van der Waals surface area contributed by atoms with Crippen molar-refractivity contribution in [1.29, 1.82) is 0 Å². The van der Waals surface area contributed by atoms with Crippen molar-refractivity contribution in [3.05, 3.63) is 48.0 Å². The number of hydrogen-bond donors (Lipinski definition) is 0. The SMILES string of the molecule is CN1CC(=O)N2CC=CCC2(C(=O)OCc2ccccc2)C1=O. The van der Waals surface area contributed by atoms with E-state index in [2.05, 4.69) is 0 Å². The fourth-order valence-electron chi connectivity index (χ4n) is 3.02. The number of amides is 2. The summed E-state index contributed by atoms with van der Waals surface area (Å²) in [6.45, 7) is 0.309. The average Bonchev–Trinajstić information content (AvgIpc) is 2.58. The number of benzene rings is 1. The monoisotopic (exact) mass is 314 g/mol. The summed E-state index contributed by atoms with van der Waals surface area (Å²) in [5.74, 6) is -1.30. The lowest BCUT2D eigenvalue weighted by Gasteiger charge is -2.47. The van der Waals surface area contributed by atoms with E-state index in [1.54, 1.807) is 12.2 Å². The molecule has 1 fully saturated rings. The van der Waals surface area contributed by atoms with Crippen LogP contribution in [0.1, 0.15) is 12.0 Å². The number of piperazine rings is 1. The van der Waals surface area contributed by atoms with Gasteiger partial charge in [0, 0.05) is 20.0 Å². The number of hydrogen-bond acceptors (Lipinski definition) is 4. The molecule has 0 bridgehead atoms. The topological polar surface area (TPSA) is 66.9 Å². The van der Waals surface area contributed by atoms with Crippen molar-refractivity contribution < 1.29 is 19.1 Å². The van der Waals surface area contributed by atoms with Gasteiger partial charge in [-0.25, -0.2) is 4.79 Å². The number of ether oxygens (including phenoxy) is 1. The molecular weight excluding hydrogens is 296 g/mol. The van der Waals surface area contributed by atoms with Crippen molar-refractivity contribution in [3.8, 4) is 0 Å². The normalized spacial score (nSPS) is 23.7. The second kappa shape index (κ2) is 5.87. The van der Waals surface area contributed by atoms with Gasteiger partial charge >= 0.3 is 5.97 Å². The van der Waals surface area contributed by atoms with Crippen LogP contribution in [0.15, 0.2) is 42.5 Å². The van der Waals surface area contributed by atoms with Crippen LogP contribution in [-0.2, 0) is 25.7 Å². The van der Waals surface area contributed by atoms with Gasteiger partial charge in [-0.1, -0.05) is 42.5 Å². The van der Waals surface area contributed by atoms with Gasteiger partial charge in [0.25, 0.3) is 5.91 Å². The van der Waals surface area contributed by atoms with E-state index in [0.717, 1.165) is 5.56 Å². The Morgan fingerprint density at radius 2 is 1.96 bits per heavy atom. The molecule has 2 amide bonds. The van der Waals surface area contributed by atoms with E-state index in [4.69, 9.17) is 4.74 Å². The van der Waals surface area contributed by atoms with Crippen LogP contribution in [-0.4, -0.2) is 53.3 Å². The summed E-state index contributed by atoms with van der Waals surface area (Å²) >= 11 is 0. The number of esters is 1. The van der Waals surface area contributed by atoms with Gasteiger partial charge in [-0.3, -0.25) is 9.59 Å². The highest BCUT2D eigenvalue weighted by atomic mass is 16.5. The van der Waals surface area contributed by atoms with E-state index in [1.165, 1.54) is 16.8 Å². The van der Waals surface area contributed by atoms with Gasteiger partial charge < -0.3 is 14.5 Å². The molecule has 2 aliphatic heterocycles. The zero-order valence-electron chi connectivity index (χ0n) is 12.9. The van der Waals surface area contributed by atoms with Gasteiger partial charge in [-0.15, -0.1) is 0 Å². The Morgan fingerprint density at radius 3 is 2.70 bits per heavy atom. The highest BCUT2D eigenvalue weighted by molar-refractivity contribution is 6.13. The first-order valence-electron chi connectivity index (χ1n) is 7.48. The Morgan fingerprint density at radius 1 is 1.22 bits per heavy atom. The smallest absolute Gasteiger partial charge is 0.342 e. The number of carbonyl (C=O) groups excluding carboxylic acids is 3. The molecule has 6 nitrogen and oxygen atoms in total. The summed E-state index contributed by atoms with van der Waals surface area (Å²) in [5.41, 5.74) is -0.730. The molecule has 2 heterocycles. The van der Waals surface area contributed by atoms with Crippen molar-refractivity contribution in [2.45, 2.75) is 18.6 Å². The molecule has 1 aromatic carbocycles. The van der Waals surface area contributed by atoms with Gasteiger partial charge in [-0.05, 0) is 5.56 Å². The van der Waals surface area contributed by atoms with E-state index in [9.17, 15) is 14.4 Å². The van der Waals surface area contributed by atoms with E-state index < -0.39 is 11.5 Å². The lowest BCUT2D eigenvalue weighted by Crippen LogP contribution is -2.71. The third-order valence-electron chi connectivity index (χ3n) is 4.25. The molecular formula is C17H18N2O4. The molecule has 0 saturated carbocycles. The molecule has 2 aliphatic rings. The summed E-state index contributed by atoms with van der Waals surface area (Å²) in [4.78, 5) is 40.3. The largest absolute Gasteiger partial charge is 0.459 e. The minimum atomic E-state index is -1.56. The number of rotatable bonds is 3. The van der Waals surface area contributed by atoms with E-state index in [-0.39, 0.29) is 37.9 Å². The van der Waals surface area contributed by atoms with Crippen molar-refractivity contribution in [2.75, 3.05) is 20.1 Å². The molecule has 0 aliphatic carbocycles. The second-order valence-corrected chi connectivity index (χ2v) is 5.76. The minimum absolute atomic E-state index is 0.0135. The molecule has 6 heteroatoms. The Hall–Kier alpha value is -2.63. The minimum Gasteiger partial charge on any atom is -0.459 e. The summed E-state index contributed by atoms with van der Waals surface area (Å²) in [5, 5.41) is 0. The summed E-state index contributed by atoms with van der Waals surface area (Å²) in [6.07, 6.45) is 3.69. The van der Waals surface area contributed by atoms with Crippen LogP contribution in [0.2, 0.25) is 0 Å². The van der Waals surface area contributed by atoms with E-state index >= 15 is 0 Å². The quantitative estimate of drug-likeness (QED) is 0.469. The Labute approximate surface area is 134 Å². The maximum absolute atomic E-state index is 12.7. The first-order chi connectivity index (χ1) is 11.1. The molecule has 1 saturated heterocycles. The van der Waals surface area contributed by atoms with Crippen LogP contribution in [0.5, 0.6) is 0 Å². The summed E-state index contributed by atoms with van der Waals surface area (Å²) in [7, 11) is 1.53. The molecule has 0 aromatic heterocycles. The van der Waals surface area contributed by atoms with Crippen molar-refractivity contribution in [3.63, 3.8) is 0 Å². The predicted octanol–water partition coefficient (Wildman–Crippen LogP) is 0.729. The molecule has 3 rings (SSSR count). The zero-order chi connectivity index (χ0) is 16.4. The number of likely N-dealkylation sites (N-methyl/N-ethyl adjacent to an activating group) is 1. The summed E-state index contributed by atoms with van der Waals surface area (Å²) < 4.78 is 5.38. The molecule has 0 N–H and O–H groups in total. The Balaban J connectivity index is 1.86. The van der Waals surface area contributed by atoms with E-state index in [0.29, 0.717) is 0 Å². The Bertz CT molecular complexity index is 670. The molecule has 1 unspecified atom stereocenters. The highest BCUT2D eigenvalue weighted by Crippen LogP contribution is 2.32. The molecule has 120 valence electrons. The average molecular weight is 314 g/mol. The molecule has 1 aromatic rings. The number of carbonyl (C=O) groups is 3. The van der Waals surface area contributed by atoms with Gasteiger partial charge in [-0.2, -0.15) is 0 Å². The lowest BCUT2D eigenvalue weighted by molar-refractivity contribution is -0.179. The zero-order valence-corrected chi connectivity index (χ0v) is 12.9. The van der Waals surface area contributed by atoms with Gasteiger partial charge in [0.1, 0.15) is 6.61 Å². The third kappa shape index (κ3) is 2.50. The Kier molecular flexibility index (Phi) is 3.90. The highest BCUT2D eigenvalue weighted by Gasteiger charge is 2.58. The van der Waals surface area contributed by atoms with Crippen LogP contribution in [0.4, 0.5) is 0 Å². The van der Waals surface area contributed by atoms with Crippen LogP contribution in [0.25, 0.3) is 0 Å². The van der Waals surface area contributed by atoms with Crippen LogP contribution < -0.4 is 0 Å². The fraction of sp³-hybridized carbons (Fsp3) is 0.353. The standard InChI is InChI=1S/C17H18N2O4/c1-18-11-14(20)19-10-6-5-9-17(19,15(18)21)16(22)23-12-13-7-3-2-4-8-13/h2-8H,9-12H2,1H3. The lowest BCUT2D eigenvalue weighted by atomic mass is 9.86. The van der Waals surface area contributed by atoms with Gasteiger partial charge in [0.2, 0.25) is 11.4 Å². The van der Waals surface area contributed by atoms with Crippen molar-refractivity contribution in [2.24, 2.45) is 0 Å². The van der Waals surface area contributed by atoms with E-state index in [1.807, 2.05) is 30.3 Å². The predicted molar refractivity (Wildman–Crippen MR) is 82.1 cm³/mol. The number of fused-ring (bicyclic) bond motifs is 1. The first kappa shape index (κ1) is 15.3. The second-order valence-electron chi connectivity index (χ2n) is 5.76. The van der Waals surface area contributed by atoms with Gasteiger partial charge in [0.15, 0.2) is 0 Å². The third-order valence-corrected chi connectivity index (χ3v) is 4.25. The van der Waals surface area contributed by atoms with Crippen LogP contribution >= 0.6 is 0 Å². The molecule has 0 spiro atoms. The molecule has 1 atom stereocenters.